The lowest BCUT2D eigenvalue weighted by atomic mass is 10.3. The first kappa shape index (κ1) is 18.8. The van der Waals surface area contributed by atoms with Gasteiger partial charge in [-0.3, -0.25) is 10.1 Å². The zero-order valence-electron chi connectivity index (χ0n) is 13.5. The molecule has 0 amide bonds. The van der Waals surface area contributed by atoms with Gasteiger partial charge in [-0.25, -0.2) is 12.8 Å². The van der Waals surface area contributed by atoms with Crippen molar-refractivity contribution in [3.05, 3.63) is 58.4 Å². The molecule has 138 valence electrons. The Bertz CT molecular complexity index is 913. The van der Waals surface area contributed by atoms with Crippen LogP contribution in [0, 0.1) is 15.9 Å². The van der Waals surface area contributed by atoms with E-state index in [0.29, 0.717) is 9.79 Å². The van der Waals surface area contributed by atoms with Gasteiger partial charge in [0.05, 0.1) is 18.1 Å². The first-order valence-corrected chi connectivity index (χ1v) is 9.93. The number of nitro groups is 1. The molecule has 1 heterocycles. The molecule has 1 aliphatic rings. The maximum absolute atomic E-state index is 13.1. The summed E-state index contributed by atoms with van der Waals surface area (Å²) in [6.45, 7) is 0.917. The van der Waals surface area contributed by atoms with Crippen molar-refractivity contribution in [1.29, 1.82) is 0 Å². The van der Waals surface area contributed by atoms with E-state index < -0.39 is 20.8 Å². The third-order valence-electron chi connectivity index (χ3n) is 3.77. The van der Waals surface area contributed by atoms with Gasteiger partial charge in [-0.2, -0.15) is 4.31 Å². The number of nitrogens with zero attached hydrogens (tertiary/aromatic N) is 2. The molecule has 2 aromatic rings. The average Bonchev–Trinajstić information content (AvgIpc) is 2.64. The standard InChI is InChI=1S/C16H15FN2O5S2/c17-12-1-4-14(5-2-12)25-15-6-3-13(19(20)21)11-16(15)26(22,23)18-7-9-24-10-8-18/h1-6,11H,7-10H2. The van der Waals surface area contributed by atoms with Crippen molar-refractivity contribution < 1.29 is 22.5 Å². The lowest BCUT2D eigenvalue weighted by molar-refractivity contribution is -0.385. The van der Waals surface area contributed by atoms with Crippen molar-refractivity contribution >= 4 is 27.5 Å². The Morgan fingerprint density at radius 1 is 1.12 bits per heavy atom. The number of ether oxygens (including phenoxy) is 1. The molecular weight excluding hydrogens is 383 g/mol. The van der Waals surface area contributed by atoms with Gasteiger partial charge < -0.3 is 4.74 Å². The van der Waals surface area contributed by atoms with Crippen LogP contribution >= 0.6 is 11.8 Å². The van der Waals surface area contributed by atoms with E-state index >= 15 is 0 Å². The van der Waals surface area contributed by atoms with Crippen molar-refractivity contribution in [2.45, 2.75) is 14.7 Å². The lowest BCUT2D eigenvalue weighted by Gasteiger charge is -2.26. The summed E-state index contributed by atoms with van der Waals surface area (Å²) in [5, 5.41) is 11.1. The number of sulfonamides is 1. The molecule has 0 bridgehead atoms. The summed E-state index contributed by atoms with van der Waals surface area (Å²) < 4.78 is 45.5. The predicted octanol–water partition coefficient (Wildman–Crippen LogP) is 2.91. The molecule has 10 heteroatoms. The number of benzene rings is 2. The third-order valence-corrected chi connectivity index (χ3v) is 6.92. The fourth-order valence-corrected chi connectivity index (χ4v) is 5.21. The Morgan fingerprint density at radius 2 is 1.77 bits per heavy atom. The summed E-state index contributed by atoms with van der Waals surface area (Å²) in [6, 6.07) is 9.30. The molecule has 0 aliphatic carbocycles. The number of halogens is 1. The molecule has 0 atom stereocenters. The van der Waals surface area contributed by atoms with Gasteiger partial charge in [-0.1, -0.05) is 11.8 Å². The van der Waals surface area contributed by atoms with E-state index in [-0.39, 0.29) is 36.9 Å². The van der Waals surface area contributed by atoms with Crippen LogP contribution in [-0.4, -0.2) is 43.9 Å². The zero-order chi connectivity index (χ0) is 18.7. The summed E-state index contributed by atoms with van der Waals surface area (Å²) in [4.78, 5) is 11.3. The van der Waals surface area contributed by atoms with E-state index in [1.165, 1.54) is 40.7 Å². The Morgan fingerprint density at radius 3 is 2.38 bits per heavy atom. The molecule has 1 saturated heterocycles. The maximum Gasteiger partial charge on any atom is 0.270 e. The van der Waals surface area contributed by atoms with Crippen molar-refractivity contribution in [1.82, 2.24) is 4.31 Å². The number of hydrogen-bond acceptors (Lipinski definition) is 6. The molecule has 1 aliphatic heterocycles. The van der Waals surface area contributed by atoms with Gasteiger partial charge in [0, 0.05) is 35.0 Å². The molecule has 1 fully saturated rings. The summed E-state index contributed by atoms with van der Waals surface area (Å²) in [6.07, 6.45) is 0. The molecule has 7 nitrogen and oxygen atoms in total. The van der Waals surface area contributed by atoms with Crippen molar-refractivity contribution in [2.75, 3.05) is 26.3 Å². The highest BCUT2D eigenvalue weighted by Gasteiger charge is 2.30. The zero-order valence-corrected chi connectivity index (χ0v) is 15.1. The number of nitro benzene ring substituents is 1. The van der Waals surface area contributed by atoms with Crippen LogP contribution in [0.1, 0.15) is 0 Å². The largest absolute Gasteiger partial charge is 0.379 e. The molecule has 0 saturated carbocycles. The Kier molecular flexibility index (Phi) is 5.56. The summed E-state index contributed by atoms with van der Waals surface area (Å²) >= 11 is 1.11. The van der Waals surface area contributed by atoms with E-state index in [0.717, 1.165) is 17.8 Å². The van der Waals surface area contributed by atoms with Gasteiger partial charge >= 0.3 is 0 Å². The quantitative estimate of drug-likeness (QED) is 0.568. The van der Waals surface area contributed by atoms with E-state index in [4.69, 9.17) is 4.74 Å². The van der Waals surface area contributed by atoms with Crippen molar-refractivity contribution in [2.24, 2.45) is 0 Å². The number of morpholine rings is 1. The molecule has 3 rings (SSSR count). The van der Waals surface area contributed by atoms with Gasteiger partial charge in [-0.05, 0) is 30.3 Å². The van der Waals surface area contributed by atoms with Crippen LogP contribution in [0.25, 0.3) is 0 Å². The van der Waals surface area contributed by atoms with Gasteiger partial charge in [0.25, 0.3) is 5.69 Å². The minimum Gasteiger partial charge on any atom is -0.379 e. The van der Waals surface area contributed by atoms with Crippen LogP contribution in [0.5, 0.6) is 0 Å². The molecule has 0 radical (unpaired) electrons. The summed E-state index contributed by atoms with van der Waals surface area (Å²) in [5.41, 5.74) is -0.305. The van der Waals surface area contributed by atoms with Gasteiger partial charge in [0.1, 0.15) is 10.7 Å². The summed E-state index contributed by atoms with van der Waals surface area (Å²) in [5.74, 6) is -0.404. The van der Waals surface area contributed by atoms with Crippen LogP contribution in [0.3, 0.4) is 0 Å². The molecular formula is C16H15FN2O5S2. The topological polar surface area (TPSA) is 89.8 Å². The predicted molar refractivity (Wildman–Crippen MR) is 93.2 cm³/mol. The van der Waals surface area contributed by atoms with Crippen LogP contribution in [0.2, 0.25) is 0 Å². The van der Waals surface area contributed by atoms with Gasteiger partial charge in [0.15, 0.2) is 0 Å². The molecule has 2 aromatic carbocycles. The first-order valence-electron chi connectivity index (χ1n) is 7.68. The number of rotatable bonds is 5. The minimum atomic E-state index is -3.92. The van der Waals surface area contributed by atoms with Crippen molar-refractivity contribution in [3.8, 4) is 0 Å². The second kappa shape index (κ2) is 7.70. The van der Waals surface area contributed by atoms with E-state index in [2.05, 4.69) is 0 Å². The fourth-order valence-electron chi connectivity index (χ4n) is 2.45. The molecule has 0 N–H and O–H groups in total. The minimum absolute atomic E-state index is 0.136. The second-order valence-electron chi connectivity index (χ2n) is 5.46. The second-order valence-corrected chi connectivity index (χ2v) is 8.48. The fraction of sp³-hybridized carbons (Fsp3) is 0.250. The summed E-state index contributed by atoms with van der Waals surface area (Å²) in [7, 11) is -3.92. The van der Waals surface area contributed by atoms with Crippen LogP contribution < -0.4 is 0 Å². The lowest BCUT2D eigenvalue weighted by Crippen LogP contribution is -2.40. The van der Waals surface area contributed by atoms with E-state index in [1.54, 1.807) is 0 Å². The number of hydrogen-bond donors (Lipinski definition) is 0. The van der Waals surface area contributed by atoms with Crippen LogP contribution in [-0.2, 0) is 14.8 Å². The molecule has 0 spiro atoms. The highest BCUT2D eigenvalue weighted by atomic mass is 32.2. The molecule has 0 unspecified atom stereocenters. The maximum atomic E-state index is 13.1. The van der Waals surface area contributed by atoms with Crippen LogP contribution in [0.15, 0.2) is 57.2 Å². The van der Waals surface area contributed by atoms with Gasteiger partial charge in [0.2, 0.25) is 10.0 Å². The first-order chi connectivity index (χ1) is 12.4. The molecule has 26 heavy (non-hydrogen) atoms. The third kappa shape index (κ3) is 4.04. The SMILES string of the molecule is O=[N+]([O-])c1ccc(Sc2ccc(F)cc2)c(S(=O)(=O)N2CCOCC2)c1. The van der Waals surface area contributed by atoms with Crippen LogP contribution in [0.4, 0.5) is 10.1 Å². The van der Waals surface area contributed by atoms with Crippen molar-refractivity contribution in [3.63, 3.8) is 0 Å². The Balaban J connectivity index is 2.03. The number of non-ortho nitro benzene ring substituents is 1. The smallest absolute Gasteiger partial charge is 0.270 e. The molecule has 0 aromatic heterocycles. The van der Waals surface area contributed by atoms with Gasteiger partial charge in [-0.15, -0.1) is 0 Å². The highest BCUT2D eigenvalue weighted by molar-refractivity contribution is 8.00. The normalized spacial score (nSPS) is 15.7. The van der Waals surface area contributed by atoms with E-state index in [9.17, 15) is 22.9 Å². The van der Waals surface area contributed by atoms with E-state index in [1.807, 2.05) is 0 Å². The monoisotopic (exact) mass is 398 g/mol. The Hall–Kier alpha value is -2.01. The highest BCUT2D eigenvalue weighted by Crippen LogP contribution is 2.36. The average molecular weight is 398 g/mol. The Labute approximate surface area is 154 Å².